The van der Waals surface area contributed by atoms with E-state index in [9.17, 15) is 0 Å². The molecule has 7 heteroatoms. The van der Waals surface area contributed by atoms with Crippen molar-refractivity contribution in [2.75, 3.05) is 47.8 Å². The number of nitrogens with one attached hydrogen (secondary N) is 1. The van der Waals surface area contributed by atoms with Crippen molar-refractivity contribution in [2.45, 2.75) is 6.42 Å². The van der Waals surface area contributed by atoms with Crippen molar-refractivity contribution in [1.82, 2.24) is 20.2 Å². The normalized spacial score (nSPS) is 14.2. The lowest BCUT2D eigenvalue weighted by Gasteiger charge is -2.35. The maximum atomic E-state index is 4.63. The lowest BCUT2D eigenvalue weighted by molar-refractivity contribution is 0.639. The van der Waals surface area contributed by atoms with Crippen molar-refractivity contribution >= 4 is 17.6 Å². The SMILES string of the molecule is c1ccc(CCNc2nncc(N3CCN(c4ccccn4)CC3)n2)cc1. The van der Waals surface area contributed by atoms with Crippen molar-refractivity contribution < 1.29 is 0 Å². The molecule has 3 heterocycles. The first-order chi connectivity index (χ1) is 13.4. The van der Waals surface area contributed by atoms with E-state index >= 15 is 0 Å². The first kappa shape index (κ1) is 17.2. The van der Waals surface area contributed by atoms with Gasteiger partial charge in [0.05, 0.1) is 6.20 Å². The van der Waals surface area contributed by atoms with Crippen LogP contribution >= 0.6 is 0 Å². The molecular formula is C20H23N7. The van der Waals surface area contributed by atoms with Crippen LogP contribution in [0.15, 0.2) is 60.9 Å². The van der Waals surface area contributed by atoms with Crippen LogP contribution in [-0.4, -0.2) is 52.9 Å². The molecule has 1 aromatic carbocycles. The Hall–Kier alpha value is -3.22. The van der Waals surface area contributed by atoms with Gasteiger partial charge >= 0.3 is 0 Å². The molecular weight excluding hydrogens is 338 g/mol. The van der Waals surface area contributed by atoms with Gasteiger partial charge in [-0.15, -0.1) is 5.10 Å². The van der Waals surface area contributed by atoms with Gasteiger partial charge in [0.15, 0.2) is 5.82 Å². The largest absolute Gasteiger partial charge is 0.353 e. The first-order valence-corrected chi connectivity index (χ1v) is 9.27. The predicted octanol–water partition coefficient (Wildman–Crippen LogP) is 2.25. The fraction of sp³-hybridized carbons (Fsp3) is 0.300. The highest BCUT2D eigenvalue weighted by Crippen LogP contribution is 2.17. The smallest absolute Gasteiger partial charge is 0.244 e. The minimum absolute atomic E-state index is 0.579. The summed E-state index contributed by atoms with van der Waals surface area (Å²) >= 11 is 0. The van der Waals surface area contributed by atoms with E-state index < -0.39 is 0 Å². The van der Waals surface area contributed by atoms with Crippen molar-refractivity contribution in [1.29, 1.82) is 0 Å². The average Bonchev–Trinajstić information content (AvgIpc) is 2.76. The zero-order valence-corrected chi connectivity index (χ0v) is 15.2. The van der Waals surface area contributed by atoms with Gasteiger partial charge in [-0.05, 0) is 24.1 Å². The Bertz CT molecular complexity index is 833. The zero-order valence-electron chi connectivity index (χ0n) is 15.2. The van der Waals surface area contributed by atoms with E-state index in [-0.39, 0.29) is 0 Å². The maximum Gasteiger partial charge on any atom is 0.244 e. The Morgan fingerprint density at radius 1 is 0.852 bits per heavy atom. The molecule has 1 N–H and O–H groups in total. The van der Waals surface area contributed by atoms with Crippen molar-refractivity contribution in [3.8, 4) is 0 Å². The number of pyridine rings is 1. The average molecular weight is 361 g/mol. The monoisotopic (exact) mass is 361 g/mol. The lowest BCUT2D eigenvalue weighted by Crippen LogP contribution is -2.47. The van der Waals surface area contributed by atoms with Crippen molar-refractivity contribution in [3.05, 3.63) is 66.5 Å². The fourth-order valence-corrected chi connectivity index (χ4v) is 3.19. The molecule has 0 unspecified atom stereocenters. The van der Waals surface area contributed by atoms with Gasteiger partial charge in [0, 0.05) is 38.9 Å². The van der Waals surface area contributed by atoms with Gasteiger partial charge in [-0.2, -0.15) is 10.1 Å². The molecule has 0 radical (unpaired) electrons. The molecule has 0 aliphatic carbocycles. The molecule has 0 atom stereocenters. The van der Waals surface area contributed by atoms with Crippen LogP contribution in [0.5, 0.6) is 0 Å². The second-order valence-corrected chi connectivity index (χ2v) is 6.46. The molecule has 1 fully saturated rings. The highest BCUT2D eigenvalue weighted by atomic mass is 15.3. The number of hydrogen-bond donors (Lipinski definition) is 1. The zero-order chi connectivity index (χ0) is 18.3. The number of piperazine rings is 1. The highest BCUT2D eigenvalue weighted by Gasteiger charge is 2.19. The van der Waals surface area contributed by atoms with Gasteiger partial charge in [0.25, 0.3) is 0 Å². The van der Waals surface area contributed by atoms with Gasteiger partial charge in [-0.1, -0.05) is 36.4 Å². The Kier molecular flexibility index (Phi) is 5.38. The molecule has 1 aliphatic heterocycles. The van der Waals surface area contributed by atoms with Crippen LogP contribution in [0.3, 0.4) is 0 Å². The first-order valence-electron chi connectivity index (χ1n) is 9.27. The summed E-state index contributed by atoms with van der Waals surface area (Å²) in [7, 11) is 0. The standard InChI is InChI=1S/C20H23N7/c1-2-6-17(7-3-1)9-11-22-20-24-19(16-23-25-20)27-14-12-26(13-15-27)18-8-4-5-10-21-18/h1-8,10,16H,9,11-15H2,(H,22,24,25). The van der Waals surface area contributed by atoms with Gasteiger partial charge in [-0.25, -0.2) is 4.98 Å². The van der Waals surface area contributed by atoms with E-state index in [1.807, 2.05) is 24.4 Å². The Balaban J connectivity index is 1.31. The number of nitrogens with zero attached hydrogens (tertiary/aromatic N) is 6. The van der Waals surface area contributed by atoms with E-state index in [2.05, 4.69) is 65.6 Å². The number of rotatable bonds is 6. The molecule has 0 amide bonds. The fourth-order valence-electron chi connectivity index (χ4n) is 3.19. The molecule has 0 spiro atoms. The number of aromatic nitrogens is 4. The number of benzene rings is 1. The molecule has 3 aromatic rings. The van der Waals surface area contributed by atoms with E-state index in [1.165, 1.54) is 5.56 Å². The van der Waals surface area contributed by atoms with Crippen LogP contribution in [0.4, 0.5) is 17.6 Å². The number of anilines is 3. The molecule has 1 saturated heterocycles. The van der Waals surface area contributed by atoms with Gasteiger partial charge in [0.2, 0.25) is 5.95 Å². The summed E-state index contributed by atoms with van der Waals surface area (Å²) in [6, 6.07) is 16.4. The Labute approximate surface area is 159 Å². The summed E-state index contributed by atoms with van der Waals surface area (Å²) in [5, 5.41) is 11.5. The minimum Gasteiger partial charge on any atom is -0.353 e. The second-order valence-electron chi connectivity index (χ2n) is 6.46. The molecule has 1 aliphatic rings. The molecule has 2 aromatic heterocycles. The van der Waals surface area contributed by atoms with Crippen LogP contribution in [0.1, 0.15) is 5.56 Å². The third-order valence-electron chi connectivity index (χ3n) is 4.66. The molecule has 0 bridgehead atoms. The molecule has 138 valence electrons. The summed E-state index contributed by atoms with van der Waals surface area (Å²) in [6.45, 7) is 4.38. The highest BCUT2D eigenvalue weighted by molar-refractivity contribution is 5.45. The topological polar surface area (TPSA) is 70.1 Å². The third kappa shape index (κ3) is 4.49. The van der Waals surface area contributed by atoms with Crippen molar-refractivity contribution in [2.24, 2.45) is 0 Å². The maximum absolute atomic E-state index is 4.63. The molecule has 7 nitrogen and oxygen atoms in total. The molecule has 0 saturated carbocycles. The van der Waals surface area contributed by atoms with E-state index in [4.69, 9.17) is 0 Å². The van der Waals surface area contributed by atoms with Crippen LogP contribution in [0, 0.1) is 0 Å². The summed E-state index contributed by atoms with van der Waals surface area (Å²) < 4.78 is 0. The second kappa shape index (κ2) is 8.44. The Morgan fingerprint density at radius 3 is 2.33 bits per heavy atom. The van der Waals surface area contributed by atoms with E-state index in [0.717, 1.165) is 50.8 Å². The summed E-state index contributed by atoms with van der Waals surface area (Å²) in [4.78, 5) is 13.6. The molecule has 27 heavy (non-hydrogen) atoms. The van der Waals surface area contributed by atoms with E-state index in [1.54, 1.807) is 6.20 Å². The summed E-state index contributed by atoms with van der Waals surface area (Å²) in [5.74, 6) is 2.48. The van der Waals surface area contributed by atoms with Crippen LogP contribution in [-0.2, 0) is 6.42 Å². The van der Waals surface area contributed by atoms with Crippen LogP contribution in [0.25, 0.3) is 0 Å². The Morgan fingerprint density at radius 2 is 1.59 bits per heavy atom. The van der Waals surface area contributed by atoms with Gasteiger partial charge in [0.1, 0.15) is 5.82 Å². The molecule has 4 rings (SSSR count). The van der Waals surface area contributed by atoms with E-state index in [0.29, 0.717) is 5.95 Å². The van der Waals surface area contributed by atoms with Gasteiger partial charge < -0.3 is 15.1 Å². The number of hydrogen-bond acceptors (Lipinski definition) is 7. The predicted molar refractivity (Wildman–Crippen MR) is 107 cm³/mol. The summed E-state index contributed by atoms with van der Waals surface area (Å²) in [6.07, 6.45) is 4.50. The minimum atomic E-state index is 0.579. The van der Waals surface area contributed by atoms with Gasteiger partial charge in [-0.3, -0.25) is 0 Å². The van der Waals surface area contributed by atoms with Crippen LogP contribution < -0.4 is 15.1 Å². The third-order valence-corrected chi connectivity index (χ3v) is 4.66. The lowest BCUT2D eigenvalue weighted by atomic mass is 10.1. The van der Waals surface area contributed by atoms with Crippen LogP contribution in [0.2, 0.25) is 0 Å². The van der Waals surface area contributed by atoms with Crippen molar-refractivity contribution in [3.63, 3.8) is 0 Å². The summed E-state index contributed by atoms with van der Waals surface area (Å²) in [5.41, 5.74) is 1.29. The quantitative estimate of drug-likeness (QED) is 0.722.